The molecule has 0 heterocycles. The summed E-state index contributed by atoms with van der Waals surface area (Å²) in [4.78, 5) is 6.67. The molecule has 1 N–H and O–H groups in total. The molecule has 6 heteroatoms. The van der Waals surface area contributed by atoms with Gasteiger partial charge in [-0.15, -0.1) is 19.0 Å². The summed E-state index contributed by atoms with van der Waals surface area (Å²) in [7, 11) is 5.25. The number of nitrogens with one attached hydrogen (secondary N) is 1. The van der Waals surface area contributed by atoms with Crippen LogP contribution in [0.2, 0.25) is 0 Å². The van der Waals surface area contributed by atoms with Gasteiger partial charge in [-0.25, -0.2) is 4.99 Å². The van der Waals surface area contributed by atoms with Crippen LogP contribution in [0.25, 0.3) is 0 Å². The molecule has 0 aromatic heterocycles. The smallest absolute Gasteiger partial charge is 0.203 e. The number of ether oxygens (including phenoxy) is 2. The van der Waals surface area contributed by atoms with E-state index in [2.05, 4.69) is 16.9 Å². The van der Waals surface area contributed by atoms with Crippen molar-refractivity contribution in [1.29, 1.82) is 0 Å². The first-order valence-corrected chi connectivity index (χ1v) is 7.62. The van der Waals surface area contributed by atoms with E-state index < -0.39 is 0 Å². The Bertz CT molecular complexity index is 685. The van der Waals surface area contributed by atoms with Crippen LogP contribution in [0.15, 0.2) is 66.2 Å². The van der Waals surface area contributed by atoms with Gasteiger partial charge in [0.1, 0.15) is 11.5 Å². The van der Waals surface area contributed by atoms with E-state index in [1.807, 2.05) is 66.6 Å². The van der Waals surface area contributed by atoms with E-state index in [0.717, 1.165) is 28.8 Å². The summed E-state index contributed by atoms with van der Waals surface area (Å²) in [5, 5.41) is 3.33. The Morgan fingerprint density at radius 2 is 1.56 bits per heavy atom. The first-order valence-electron chi connectivity index (χ1n) is 7.62. The third-order valence-electron chi connectivity index (χ3n) is 3.42. The standard InChI is InChI=1S/C19H23N3O2.ClH/c1-5-14-22(2)19(20-15-6-10-17(23-3)11-7-15)21-16-8-12-18(24-4)13-9-16;/h5-13H,1,14H2,2-4H3,(H,20,21);1H. The minimum Gasteiger partial charge on any atom is -0.497 e. The SMILES string of the molecule is C=CCN(C)C(=Nc1ccc(OC)cc1)Nc1ccc(OC)cc1.Cl. The first kappa shape index (κ1) is 20.4. The van der Waals surface area contributed by atoms with Crippen molar-refractivity contribution in [1.82, 2.24) is 4.90 Å². The number of rotatable bonds is 6. The number of aliphatic imine (C=N–C) groups is 1. The van der Waals surface area contributed by atoms with Crippen LogP contribution in [0.5, 0.6) is 11.5 Å². The zero-order valence-electron chi connectivity index (χ0n) is 14.7. The molecule has 25 heavy (non-hydrogen) atoms. The maximum absolute atomic E-state index is 5.18. The van der Waals surface area contributed by atoms with Crippen LogP contribution in [0, 0.1) is 0 Å². The number of likely N-dealkylation sites (N-methyl/N-ethyl adjacent to an activating group) is 1. The molecule has 0 atom stereocenters. The van der Waals surface area contributed by atoms with Crippen LogP contribution < -0.4 is 14.8 Å². The Morgan fingerprint density at radius 3 is 2.04 bits per heavy atom. The van der Waals surface area contributed by atoms with Crippen molar-refractivity contribution in [3.05, 3.63) is 61.2 Å². The number of hydrogen-bond donors (Lipinski definition) is 1. The van der Waals surface area contributed by atoms with Crippen LogP contribution >= 0.6 is 12.4 Å². The van der Waals surface area contributed by atoms with Crippen molar-refractivity contribution < 1.29 is 9.47 Å². The molecule has 0 saturated heterocycles. The van der Waals surface area contributed by atoms with Crippen LogP contribution in [0.1, 0.15) is 0 Å². The Morgan fingerprint density at radius 1 is 1.04 bits per heavy atom. The van der Waals surface area contributed by atoms with E-state index in [0.29, 0.717) is 6.54 Å². The van der Waals surface area contributed by atoms with Gasteiger partial charge >= 0.3 is 0 Å². The summed E-state index contributed by atoms with van der Waals surface area (Å²) in [6, 6.07) is 15.3. The largest absolute Gasteiger partial charge is 0.497 e. The van der Waals surface area contributed by atoms with E-state index in [1.54, 1.807) is 14.2 Å². The quantitative estimate of drug-likeness (QED) is 0.472. The fraction of sp³-hybridized carbons (Fsp3) is 0.211. The molecule has 0 unspecified atom stereocenters. The fourth-order valence-corrected chi connectivity index (χ4v) is 2.07. The normalized spacial score (nSPS) is 10.4. The van der Waals surface area contributed by atoms with E-state index in [1.165, 1.54) is 0 Å². The third kappa shape index (κ3) is 6.04. The topological polar surface area (TPSA) is 46.1 Å². The van der Waals surface area contributed by atoms with Crippen molar-refractivity contribution in [2.45, 2.75) is 0 Å². The highest BCUT2D eigenvalue weighted by molar-refractivity contribution is 5.95. The van der Waals surface area contributed by atoms with Gasteiger partial charge in [0.05, 0.1) is 19.9 Å². The molecule has 0 fully saturated rings. The number of halogens is 1. The molecular formula is C19H24ClN3O2. The van der Waals surface area contributed by atoms with E-state index >= 15 is 0 Å². The maximum atomic E-state index is 5.18. The summed E-state index contributed by atoms with van der Waals surface area (Å²) in [6.45, 7) is 4.46. The summed E-state index contributed by atoms with van der Waals surface area (Å²) >= 11 is 0. The molecule has 5 nitrogen and oxygen atoms in total. The lowest BCUT2D eigenvalue weighted by Gasteiger charge is -2.21. The van der Waals surface area contributed by atoms with Gasteiger partial charge in [-0.05, 0) is 48.5 Å². The molecule has 2 aromatic carbocycles. The number of anilines is 1. The molecule has 0 aliphatic carbocycles. The average Bonchev–Trinajstić information content (AvgIpc) is 2.62. The van der Waals surface area contributed by atoms with Crippen molar-refractivity contribution >= 4 is 29.7 Å². The van der Waals surface area contributed by atoms with Gasteiger partial charge in [0.25, 0.3) is 0 Å². The molecule has 2 rings (SSSR count). The van der Waals surface area contributed by atoms with Gasteiger partial charge in [-0.3, -0.25) is 0 Å². The molecule has 0 radical (unpaired) electrons. The third-order valence-corrected chi connectivity index (χ3v) is 3.42. The zero-order chi connectivity index (χ0) is 17.4. The highest BCUT2D eigenvalue weighted by atomic mass is 35.5. The summed E-state index contributed by atoms with van der Waals surface area (Å²) in [5.41, 5.74) is 1.77. The van der Waals surface area contributed by atoms with E-state index in [9.17, 15) is 0 Å². The van der Waals surface area contributed by atoms with Gasteiger partial charge in [-0.1, -0.05) is 6.08 Å². The van der Waals surface area contributed by atoms with Crippen LogP contribution in [-0.4, -0.2) is 38.7 Å². The molecule has 0 aliphatic heterocycles. The van der Waals surface area contributed by atoms with Gasteiger partial charge in [0.15, 0.2) is 0 Å². The zero-order valence-corrected chi connectivity index (χ0v) is 15.5. The molecule has 0 bridgehead atoms. The average molecular weight is 362 g/mol. The molecule has 0 aliphatic rings. The molecule has 0 spiro atoms. The second-order valence-corrected chi connectivity index (χ2v) is 5.16. The molecule has 134 valence electrons. The predicted octanol–water partition coefficient (Wildman–Crippen LogP) is 4.34. The Balaban J connectivity index is 0.00000312. The monoisotopic (exact) mass is 361 g/mol. The second kappa shape index (κ2) is 10.3. The van der Waals surface area contributed by atoms with Gasteiger partial charge < -0.3 is 19.7 Å². The first-order chi connectivity index (χ1) is 11.7. The number of benzene rings is 2. The summed E-state index contributed by atoms with van der Waals surface area (Å²) in [5.74, 6) is 2.34. The lowest BCUT2D eigenvalue weighted by Crippen LogP contribution is -2.33. The molecule has 0 saturated carbocycles. The number of methoxy groups -OCH3 is 2. The van der Waals surface area contributed by atoms with Crippen molar-refractivity contribution in [2.75, 3.05) is 33.1 Å². The number of nitrogens with zero attached hydrogens (tertiary/aromatic N) is 2. The number of guanidine groups is 1. The lowest BCUT2D eigenvalue weighted by atomic mass is 10.3. The van der Waals surface area contributed by atoms with Crippen LogP contribution in [0.3, 0.4) is 0 Å². The van der Waals surface area contributed by atoms with Gasteiger partial charge in [0, 0.05) is 19.3 Å². The second-order valence-electron chi connectivity index (χ2n) is 5.16. The predicted molar refractivity (Wildman–Crippen MR) is 107 cm³/mol. The minimum absolute atomic E-state index is 0. The van der Waals surface area contributed by atoms with Crippen molar-refractivity contribution in [3.63, 3.8) is 0 Å². The summed E-state index contributed by atoms with van der Waals surface area (Å²) in [6.07, 6.45) is 1.83. The molecule has 0 amide bonds. The Labute approximate surface area is 155 Å². The van der Waals surface area contributed by atoms with Gasteiger partial charge in [0.2, 0.25) is 5.96 Å². The summed E-state index contributed by atoms with van der Waals surface area (Å²) < 4.78 is 10.4. The highest BCUT2D eigenvalue weighted by Crippen LogP contribution is 2.20. The molecule has 2 aromatic rings. The Hall–Kier alpha value is -2.66. The Kier molecular flexibility index (Phi) is 8.36. The van der Waals surface area contributed by atoms with Crippen molar-refractivity contribution in [2.24, 2.45) is 4.99 Å². The molecular weight excluding hydrogens is 338 g/mol. The highest BCUT2D eigenvalue weighted by Gasteiger charge is 2.07. The fourth-order valence-electron chi connectivity index (χ4n) is 2.07. The number of hydrogen-bond acceptors (Lipinski definition) is 3. The van der Waals surface area contributed by atoms with Crippen LogP contribution in [0.4, 0.5) is 11.4 Å². The lowest BCUT2D eigenvalue weighted by molar-refractivity contribution is 0.415. The van der Waals surface area contributed by atoms with Crippen LogP contribution in [-0.2, 0) is 0 Å². The van der Waals surface area contributed by atoms with Gasteiger partial charge in [-0.2, -0.15) is 0 Å². The maximum Gasteiger partial charge on any atom is 0.203 e. The van der Waals surface area contributed by atoms with Crippen molar-refractivity contribution in [3.8, 4) is 11.5 Å². The van der Waals surface area contributed by atoms with E-state index in [4.69, 9.17) is 9.47 Å². The van der Waals surface area contributed by atoms with E-state index in [-0.39, 0.29) is 12.4 Å². The minimum atomic E-state index is 0.